The number of nitrogens with one attached hydrogen (secondary N) is 1. The SMILES string of the molecule is CNC(c1ccc(F)cc1C)c1cc(C)ccc1F. The number of hydrogen-bond donors (Lipinski definition) is 1. The van der Waals surface area contributed by atoms with E-state index in [2.05, 4.69) is 5.32 Å². The number of hydrogen-bond acceptors (Lipinski definition) is 1. The van der Waals surface area contributed by atoms with E-state index < -0.39 is 0 Å². The lowest BCUT2D eigenvalue weighted by Crippen LogP contribution is -2.20. The summed E-state index contributed by atoms with van der Waals surface area (Å²) in [7, 11) is 1.77. The number of benzene rings is 2. The van der Waals surface area contributed by atoms with Crippen molar-refractivity contribution in [2.75, 3.05) is 7.05 Å². The molecule has 100 valence electrons. The Morgan fingerprint density at radius 1 is 0.947 bits per heavy atom. The Hall–Kier alpha value is -1.74. The predicted molar refractivity (Wildman–Crippen MR) is 73.2 cm³/mol. The van der Waals surface area contributed by atoms with Crippen LogP contribution >= 0.6 is 0 Å². The zero-order valence-corrected chi connectivity index (χ0v) is 11.3. The molecule has 1 unspecified atom stereocenters. The minimum Gasteiger partial charge on any atom is -0.309 e. The van der Waals surface area contributed by atoms with Gasteiger partial charge in [-0.1, -0.05) is 23.8 Å². The van der Waals surface area contributed by atoms with Gasteiger partial charge in [0.2, 0.25) is 0 Å². The van der Waals surface area contributed by atoms with Gasteiger partial charge in [-0.3, -0.25) is 0 Å². The first-order chi connectivity index (χ1) is 9.02. The van der Waals surface area contributed by atoms with E-state index in [1.165, 1.54) is 18.2 Å². The molecule has 0 radical (unpaired) electrons. The zero-order valence-electron chi connectivity index (χ0n) is 11.3. The molecule has 2 rings (SSSR count). The fraction of sp³-hybridized carbons (Fsp3) is 0.250. The Morgan fingerprint density at radius 2 is 1.68 bits per heavy atom. The zero-order chi connectivity index (χ0) is 14.0. The molecule has 0 aliphatic carbocycles. The Labute approximate surface area is 112 Å². The number of aryl methyl sites for hydroxylation is 2. The van der Waals surface area contributed by atoms with Gasteiger partial charge in [0.1, 0.15) is 11.6 Å². The Kier molecular flexibility index (Phi) is 3.96. The molecule has 0 aliphatic heterocycles. The van der Waals surface area contributed by atoms with Crippen LogP contribution in [-0.4, -0.2) is 7.05 Å². The van der Waals surface area contributed by atoms with Gasteiger partial charge in [0.05, 0.1) is 6.04 Å². The second-order valence-corrected chi connectivity index (χ2v) is 4.75. The van der Waals surface area contributed by atoms with Crippen LogP contribution in [0, 0.1) is 25.5 Å². The Balaban J connectivity index is 2.52. The van der Waals surface area contributed by atoms with Crippen LogP contribution in [0.3, 0.4) is 0 Å². The molecule has 1 N–H and O–H groups in total. The smallest absolute Gasteiger partial charge is 0.128 e. The summed E-state index contributed by atoms with van der Waals surface area (Å²) in [6.07, 6.45) is 0. The van der Waals surface area contributed by atoms with Gasteiger partial charge in [-0.25, -0.2) is 8.78 Å². The van der Waals surface area contributed by atoms with Gasteiger partial charge in [-0.2, -0.15) is 0 Å². The van der Waals surface area contributed by atoms with Crippen LogP contribution in [0.4, 0.5) is 8.78 Å². The second-order valence-electron chi connectivity index (χ2n) is 4.75. The molecular formula is C16H17F2N. The van der Waals surface area contributed by atoms with Crippen LogP contribution in [0.15, 0.2) is 36.4 Å². The molecule has 19 heavy (non-hydrogen) atoms. The molecule has 0 bridgehead atoms. The fourth-order valence-corrected chi connectivity index (χ4v) is 2.33. The Bertz CT molecular complexity index is 593. The van der Waals surface area contributed by atoms with Crippen molar-refractivity contribution in [3.63, 3.8) is 0 Å². The summed E-state index contributed by atoms with van der Waals surface area (Å²) < 4.78 is 27.2. The van der Waals surface area contributed by atoms with Gasteiger partial charge >= 0.3 is 0 Å². The maximum absolute atomic E-state index is 14.0. The van der Waals surface area contributed by atoms with Crippen LogP contribution in [-0.2, 0) is 0 Å². The standard InChI is InChI=1S/C16H17F2N/c1-10-4-7-15(18)14(8-10)16(19-3)13-6-5-12(17)9-11(13)2/h4-9,16,19H,1-3H3. The molecule has 2 aromatic rings. The van der Waals surface area contributed by atoms with E-state index in [1.54, 1.807) is 19.2 Å². The van der Waals surface area contributed by atoms with Gasteiger partial charge in [0, 0.05) is 5.56 Å². The second kappa shape index (κ2) is 5.49. The molecule has 3 heteroatoms. The van der Waals surface area contributed by atoms with E-state index in [0.717, 1.165) is 16.7 Å². The summed E-state index contributed by atoms with van der Waals surface area (Å²) in [5.74, 6) is -0.533. The lowest BCUT2D eigenvalue weighted by atomic mass is 9.93. The molecule has 0 heterocycles. The summed E-state index contributed by atoms with van der Waals surface area (Å²) in [5, 5.41) is 3.10. The van der Waals surface area contributed by atoms with Gasteiger partial charge < -0.3 is 5.32 Å². The van der Waals surface area contributed by atoms with Crippen molar-refractivity contribution in [3.8, 4) is 0 Å². The molecule has 0 saturated heterocycles. The summed E-state index contributed by atoms with van der Waals surface area (Å²) in [5.41, 5.74) is 3.27. The summed E-state index contributed by atoms with van der Waals surface area (Å²) in [4.78, 5) is 0. The quantitative estimate of drug-likeness (QED) is 0.883. The number of halogens is 2. The molecule has 0 aliphatic rings. The molecule has 2 aromatic carbocycles. The minimum absolute atomic E-state index is 0.256. The minimum atomic E-state index is -0.277. The van der Waals surface area contributed by atoms with E-state index in [0.29, 0.717) is 5.56 Å². The van der Waals surface area contributed by atoms with Crippen LogP contribution in [0.2, 0.25) is 0 Å². The fourth-order valence-electron chi connectivity index (χ4n) is 2.33. The highest BCUT2D eigenvalue weighted by atomic mass is 19.1. The Morgan fingerprint density at radius 3 is 2.32 bits per heavy atom. The van der Waals surface area contributed by atoms with Crippen molar-refractivity contribution < 1.29 is 8.78 Å². The van der Waals surface area contributed by atoms with Gasteiger partial charge in [0.15, 0.2) is 0 Å². The van der Waals surface area contributed by atoms with Crippen molar-refractivity contribution in [2.24, 2.45) is 0 Å². The summed E-state index contributed by atoms with van der Waals surface area (Å²) in [6, 6.07) is 9.32. The first-order valence-corrected chi connectivity index (χ1v) is 6.22. The maximum Gasteiger partial charge on any atom is 0.128 e. The van der Waals surface area contributed by atoms with E-state index in [1.807, 2.05) is 19.9 Å². The van der Waals surface area contributed by atoms with Crippen molar-refractivity contribution in [3.05, 3.63) is 70.3 Å². The van der Waals surface area contributed by atoms with Crippen LogP contribution in [0.25, 0.3) is 0 Å². The number of rotatable bonds is 3. The molecule has 0 amide bonds. The molecule has 1 atom stereocenters. The van der Waals surface area contributed by atoms with E-state index in [9.17, 15) is 8.78 Å². The average molecular weight is 261 g/mol. The first kappa shape index (κ1) is 13.7. The average Bonchev–Trinajstić information content (AvgIpc) is 2.36. The normalized spacial score (nSPS) is 12.5. The molecule has 0 fully saturated rings. The lowest BCUT2D eigenvalue weighted by molar-refractivity contribution is 0.572. The van der Waals surface area contributed by atoms with Crippen molar-refractivity contribution in [1.29, 1.82) is 0 Å². The van der Waals surface area contributed by atoms with Crippen LogP contribution in [0.1, 0.15) is 28.3 Å². The predicted octanol–water partition coefficient (Wildman–Crippen LogP) is 3.89. The van der Waals surface area contributed by atoms with Gasteiger partial charge in [-0.15, -0.1) is 0 Å². The molecule has 0 saturated carbocycles. The van der Waals surface area contributed by atoms with Crippen molar-refractivity contribution in [2.45, 2.75) is 19.9 Å². The van der Waals surface area contributed by atoms with Crippen molar-refractivity contribution >= 4 is 0 Å². The van der Waals surface area contributed by atoms with Gasteiger partial charge in [-0.05, 0) is 50.2 Å². The third-order valence-corrected chi connectivity index (χ3v) is 3.29. The lowest BCUT2D eigenvalue weighted by Gasteiger charge is -2.20. The molecule has 0 spiro atoms. The third-order valence-electron chi connectivity index (χ3n) is 3.29. The van der Waals surface area contributed by atoms with E-state index in [-0.39, 0.29) is 17.7 Å². The van der Waals surface area contributed by atoms with Gasteiger partial charge in [0.25, 0.3) is 0 Å². The summed E-state index contributed by atoms with van der Waals surface area (Å²) >= 11 is 0. The third kappa shape index (κ3) is 2.82. The highest BCUT2D eigenvalue weighted by molar-refractivity contribution is 5.39. The van der Waals surface area contributed by atoms with E-state index in [4.69, 9.17) is 0 Å². The highest BCUT2D eigenvalue weighted by Gasteiger charge is 2.18. The van der Waals surface area contributed by atoms with Crippen LogP contribution in [0.5, 0.6) is 0 Å². The molecule has 0 aromatic heterocycles. The maximum atomic E-state index is 14.0. The molecular weight excluding hydrogens is 244 g/mol. The summed E-state index contributed by atoms with van der Waals surface area (Å²) in [6.45, 7) is 3.75. The monoisotopic (exact) mass is 261 g/mol. The van der Waals surface area contributed by atoms with Crippen LogP contribution < -0.4 is 5.32 Å². The molecule has 1 nitrogen and oxygen atoms in total. The van der Waals surface area contributed by atoms with Crippen molar-refractivity contribution in [1.82, 2.24) is 5.32 Å². The first-order valence-electron chi connectivity index (χ1n) is 6.22. The largest absolute Gasteiger partial charge is 0.309 e. The highest BCUT2D eigenvalue weighted by Crippen LogP contribution is 2.27. The topological polar surface area (TPSA) is 12.0 Å². The van der Waals surface area contributed by atoms with E-state index >= 15 is 0 Å².